The maximum absolute atomic E-state index is 14.0. The number of methoxy groups -OCH3 is 1. The summed E-state index contributed by atoms with van der Waals surface area (Å²) in [6.45, 7) is 0.404. The highest BCUT2D eigenvalue weighted by Crippen LogP contribution is 2.59. The minimum absolute atomic E-state index is 0.404. The summed E-state index contributed by atoms with van der Waals surface area (Å²) in [6, 6.07) is 0. The van der Waals surface area contributed by atoms with E-state index in [2.05, 4.69) is 4.74 Å². The fourth-order valence-electron chi connectivity index (χ4n) is 1.56. The van der Waals surface area contributed by atoms with Gasteiger partial charge in [0.05, 0.1) is 7.11 Å². The zero-order valence-electron chi connectivity index (χ0n) is 11.6. The standard InChI is InChI=1S/C10H8F11IO2/c1-5(22,4(23)24-2)3-6(11,9(16,17)18)7(12,13)8(14,15)10(19,20)21/h3H2,1-2H3. The van der Waals surface area contributed by atoms with Crippen LogP contribution in [0.4, 0.5) is 48.3 Å². The van der Waals surface area contributed by atoms with E-state index in [4.69, 9.17) is 0 Å². The third-order valence-electron chi connectivity index (χ3n) is 2.88. The Morgan fingerprint density at radius 1 is 0.833 bits per heavy atom. The molecular formula is C10H8F11IO2. The van der Waals surface area contributed by atoms with Crippen LogP contribution < -0.4 is 0 Å². The van der Waals surface area contributed by atoms with Gasteiger partial charge in [0.25, 0.3) is 5.67 Å². The van der Waals surface area contributed by atoms with Gasteiger partial charge in [0.2, 0.25) is 0 Å². The first kappa shape index (κ1) is 23.4. The van der Waals surface area contributed by atoms with E-state index in [1.54, 1.807) is 0 Å². The van der Waals surface area contributed by atoms with Gasteiger partial charge in [-0.05, 0) is 6.92 Å². The lowest BCUT2D eigenvalue weighted by Crippen LogP contribution is -2.68. The predicted octanol–water partition coefficient (Wildman–Crippen LogP) is 4.85. The summed E-state index contributed by atoms with van der Waals surface area (Å²) in [4.78, 5) is 11.2. The van der Waals surface area contributed by atoms with E-state index in [9.17, 15) is 53.1 Å². The Bertz CT molecular complexity index is 482. The van der Waals surface area contributed by atoms with Crippen molar-refractivity contribution >= 4 is 28.6 Å². The second-order valence-electron chi connectivity index (χ2n) is 4.81. The molecule has 0 aliphatic carbocycles. The molecule has 0 aromatic heterocycles. The van der Waals surface area contributed by atoms with Crippen LogP contribution >= 0.6 is 22.6 Å². The number of esters is 1. The summed E-state index contributed by atoms with van der Waals surface area (Å²) in [5, 5.41) is 0. The van der Waals surface area contributed by atoms with Crippen LogP contribution in [0.3, 0.4) is 0 Å². The number of ether oxygens (including phenoxy) is 1. The minimum Gasteiger partial charge on any atom is -0.468 e. The van der Waals surface area contributed by atoms with Crippen molar-refractivity contribution in [2.75, 3.05) is 7.11 Å². The molecule has 0 bridgehead atoms. The number of alkyl halides is 12. The fraction of sp³-hybridized carbons (Fsp3) is 0.900. The average Bonchev–Trinajstić information content (AvgIpc) is 2.33. The molecule has 14 heteroatoms. The Kier molecular flexibility index (Phi) is 6.15. The molecule has 0 heterocycles. The molecule has 0 saturated heterocycles. The van der Waals surface area contributed by atoms with Gasteiger partial charge in [-0.25, -0.2) is 4.39 Å². The molecular weight excluding hydrogens is 488 g/mol. The monoisotopic (exact) mass is 496 g/mol. The summed E-state index contributed by atoms with van der Waals surface area (Å²) < 4.78 is 142. The summed E-state index contributed by atoms with van der Waals surface area (Å²) in [5.41, 5.74) is -6.37. The van der Waals surface area contributed by atoms with Crippen LogP contribution in [0.25, 0.3) is 0 Å². The van der Waals surface area contributed by atoms with Crippen LogP contribution in [0.15, 0.2) is 0 Å². The zero-order valence-corrected chi connectivity index (χ0v) is 13.7. The molecule has 2 nitrogen and oxygen atoms in total. The summed E-state index contributed by atoms with van der Waals surface area (Å²) in [5.74, 6) is -16.3. The van der Waals surface area contributed by atoms with Gasteiger partial charge in [0, 0.05) is 6.42 Å². The number of hydrogen-bond donors (Lipinski definition) is 0. The van der Waals surface area contributed by atoms with Crippen LogP contribution in [0.1, 0.15) is 13.3 Å². The van der Waals surface area contributed by atoms with Crippen molar-refractivity contribution in [2.45, 2.75) is 46.6 Å². The molecule has 0 aromatic rings. The van der Waals surface area contributed by atoms with E-state index in [-0.39, 0.29) is 0 Å². The molecule has 2 unspecified atom stereocenters. The van der Waals surface area contributed by atoms with Gasteiger partial charge in [-0.3, -0.25) is 4.79 Å². The zero-order chi connectivity index (χ0) is 20.0. The van der Waals surface area contributed by atoms with Crippen LogP contribution in [0.2, 0.25) is 0 Å². The summed E-state index contributed by atoms with van der Waals surface area (Å²) in [7, 11) is 0.565. The van der Waals surface area contributed by atoms with Crippen molar-refractivity contribution in [2.24, 2.45) is 0 Å². The first-order chi connectivity index (χ1) is 10.2. The largest absolute Gasteiger partial charge is 0.468 e. The number of halogens is 12. The van der Waals surface area contributed by atoms with Gasteiger partial charge in [-0.2, -0.15) is 43.9 Å². The van der Waals surface area contributed by atoms with Crippen LogP contribution in [0, 0.1) is 0 Å². The SMILES string of the molecule is COC(=O)C(C)(I)CC(F)(C(F)(F)F)C(F)(F)C(F)(F)C(F)(F)F. The molecule has 24 heavy (non-hydrogen) atoms. The van der Waals surface area contributed by atoms with Crippen LogP contribution in [-0.4, -0.2) is 46.4 Å². The lowest BCUT2D eigenvalue weighted by Gasteiger charge is -2.41. The van der Waals surface area contributed by atoms with Crippen LogP contribution in [-0.2, 0) is 9.53 Å². The molecule has 144 valence electrons. The lowest BCUT2D eigenvalue weighted by molar-refractivity contribution is -0.412. The van der Waals surface area contributed by atoms with Gasteiger partial charge < -0.3 is 4.74 Å². The van der Waals surface area contributed by atoms with E-state index in [1.807, 2.05) is 0 Å². The Morgan fingerprint density at radius 2 is 1.21 bits per heavy atom. The highest BCUT2D eigenvalue weighted by molar-refractivity contribution is 14.1. The van der Waals surface area contributed by atoms with Gasteiger partial charge in [-0.15, -0.1) is 0 Å². The van der Waals surface area contributed by atoms with Crippen molar-refractivity contribution in [1.29, 1.82) is 0 Å². The fourth-order valence-corrected chi connectivity index (χ4v) is 2.30. The molecule has 0 aliphatic heterocycles. The Morgan fingerprint density at radius 3 is 1.46 bits per heavy atom. The van der Waals surface area contributed by atoms with Crippen molar-refractivity contribution in [3.63, 3.8) is 0 Å². The average molecular weight is 496 g/mol. The molecule has 2 atom stereocenters. The topological polar surface area (TPSA) is 26.3 Å². The van der Waals surface area contributed by atoms with Crippen molar-refractivity contribution in [3.8, 4) is 0 Å². The van der Waals surface area contributed by atoms with E-state index >= 15 is 0 Å². The van der Waals surface area contributed by atoms with Gasteiger partial charge in [0.1, 0.15) is 3.42 Å². The van der Waals surface area contributed by atoms with E-state index in [0.717, 1.165) is 0 Å². The number of rotatable bonds is 5. The van der Waals surface area contributed by atoms with E-state index in [1.165, 1.54) is 0 Å². The van der Waals surface area contributed by atoms with Gasteiger partial charge in [-0.1, -0.05) is 22.6 Å². The first-order valence-corrected chi connectivity index (χ1v) is 6.62. The maximum atomic E-state index is 14.0. The molecule has 0 aliphatic rings. The number of carbonyl (C=O) groups excluding carboxylic acids is 1. The molecule has 0 aromatic carbocycles. The molecule has 0 rings (SSSR count). The van der Waals surface area contributed by atoms with Crippen molar-refractivity contribution in [1.82, 2.24) is 0 Å². The van der Waals surface area contributed by atoms with Gasteiger partial charge >= 0.3 is 30.2 Å². The Labute approximate surface area is 140 Å². The number of hydrogen-bond acceptors (Lipinski definition) is 2. The molecule has 0 fully saturated rings. The second-order valence-corrected chi connectivity index (χ2v) is 7.19. The Hall–Kier alpha value is -0.570. The highest BCUT2D eigenvalue weighted by atomic mass is 127. The first-order valence-electron chi connectivity index (χ1n) is 5.54. The minimum atomic E-state index is -7.35. The van der Waals surface area contributed by atoms with Crippen molar-refractivity contribution < 1.29 is 57.8 Å². The molecule has 0 saturated carbocycles. The quantitative estimate of drug-likeness (QED) is 0.236. The van der Waals surface area contributed by atoms with Gasteiger partial charge in [0.15, 0.2) is 0 Å². The van der Waals surface area contributed by atoms with E-state index in [0.29, 0.717) is 36.6 Å². The normalized spacial score (nSPS) is 19.4. The number of carbonyl (C=O) groups is 1. The Balaban J connectivity index is 6.37. The summed E-state index contributed by atoms with van der Waals surface area (Å²) in [6.07, 6.45) is -16.8. The lowest BCUT2D eigenvalue weighted by atomic mass is 9.83. The van der Waals surface area contributed by atoms with E-state index < -0.39 is 45.7 Å². The third-order valence-corrected chi connectivity index (χ3v) is 3.71. The third kappa shape index (κ3) is 3.66. The summed E-state index contributed by atoms with van der Waals surface area (Å²) >= 11 is 0.682. The second kappa shape index (κ2) is 6.30. The molecule has 0 spiro atoms. The smallest absolute Gasteiger partial charge is 0.460 e. The van der Waals surface area contributed by atoms with Crippen molar-refractivity contribution in [3.05, 3.63) is 0 Å². The predicted molar refractivity (Wildman–Crippen MR) is 64.9 cm³/mol. The molecule has 0 N–H and O–H groups in total. The maximum Gasteiger partial charge on any atom is 0.460 e. The molecule has 0 radical (unpaired) electrons. The highest BCUT2D eigenvalue weighted by Gasteiger charge is 2.87. The molecule has 0 amide bonds. The van der Waals surface area contributed by atoms with Crippen LogP contribution in [0.5, 0.6) is 0 Å².